The van der Waals surface area contributed by atoms with E-state index in [2.05, 4.69) is 51.2 Å². The van der Waals surface area contributed by atoms with Crippen LogP contribution in [0.3, 0.4) is 0 Å². The molecule has 0 radical (unpaired) electrons. The quantitative estimate of drug-likeness (QED) is 0.268. The fourth-order valence-corrected chi connectivity index (χ4v) is 3.61. The van der Waals surface area contributed by atoms with Crippen LogP contribution in [0.2, 0.25) is 0 Å². The topological polar surface area (TPSA) is 84.3 Å². The first-order valence-electron chi connectivity index (χ1n) is 10.2. The summed E-state index contributed by atoms with van der Waals surface area (Å²) >= 11 is 0. The molecule has 0 saturated heterocycles. The summed E-state index contributed by atoms with van der Waals surface area (Å²) in [6, 6.07) is 6.41. The molecule has 0 unspecified atom stereocenters. The molecule has 4 nitrogen and oxygen atoms in total. The van der Waals surface area contributed by atoms with Crippen LogP contribution < -0.4 is 11.5 Å². The van der Waals surface area contributed by atoms with E-state index >= 15 is 0 Å². The summed E-state index contributed by atoms with van der Waals surface area (Å²) in [6.07, 6.45) is 15.6. The van der Waals surface area contributed by atoms with Gasteiger partial charge in [-0.05, 0) is 80.9 Å². The second-order valence-electron chi connectivity index (χ2n) is 8.46. The lowest BCUT2D eigenvalue weighted by Crippen LogP contribution is -2.19. The molecule has 4 heteroatoms. The lowest BCUT2D eigenvalue weighted by Gasteiger charge is -2.32. The van der Waals surface area contributed by atoms with Crippen LogP contribution in [-0.4, -0.2) is 11.0 Å². The molecule has 30 heavy (non-hydrogen) atoms. The van der Waals surface area contributed by atoms with Crippen molar-refractivity contribution in [3.8, 4) is 5.75 Å². The lowest BCUT2D eigenvalue weighted by molar-refractivity contribution is -0.111. The standard InChI is InChI=1S/C26H33NO2.H3N/c1-19(11-16-24-21(3)10-7-17-26(24,4)5)8-6-9-20(2)18-25(29)27-22-12-14-23(28)15-13-22;/h6,8-9,11-16,18,28H,7,10,17H2,1-5H3,(H,27,29);1H3. The van der Waals surface area contributed by atoms with Gasteiger partial charge in [0.05, 0.1) is 0 Å². The number of benzene rings is 1. The number of rotatable bonds is 6. The minimum absolute atomic E-state index is 0. The van der Waals surface area contributed by atoms with Crippen molar-refractivity contribution in [3.05, 3.63) is 83.0 Å². The lowest BCUT2D eigenvalue weighted by atomic mass is 9.72. The zero-order valence-corrected chi connectivity index (χ0v) is 19.0. The summed E-state index contributed by atoms with van der Waals surface area (Å²) in [7, 11) is 0. The molecule has 0 atom stereocenters. The Labute approximate surface area is 181 Å². The molecule has 0 spiro atoms. The highest BCUT2D eigenvalue weighted by Gasteiger charge is 2.26. The normalized spacial score (nSPS) is 17.4. The van der Waals surface area contributed by atoms with Gasteiger partial charge in [-0.15, -0.1) is 0 Å². The van der Waals surface area contributed by atoms with Crippen LogP contribution in [0.4, 0.5) is 5.69 Å². The number of anilines is 1. The van der Waals surface area contributed by atoms with E-state index in [4.69, 9.17) is 0 Å². The number of aromatic hydroxyl groups is 1. The summed E-state index contributed by atoms with van der Waals surface area (Å²) in [4.78, 5) is 12.1. The highest BCUT2D eigenvalue weighted by Crippen LogP contribution is 2.40. The van der Waals surface area contributed by atoms with E-state index in [1.807, 2.05) is 19.1 Å². The van der Waals surface area contributed by atoms with Gasteiger partial charge < -0.3 is 16.6 Å². The van der Waals surface area contributed by atoms with E-state index in [0.29, 0.717) is 5.69 Å². The second-order valence-corrected chi connectivity index (χ2v) is 8.46. The van der Waals surface area contributed by atoms with Crippen molar-refractivity contribution in [2.75, 3.05) is 5.32 Å². The third kappa shape index (κ3) is 7.88. The monoisotopic (exact) mass is 408 g/mol. The molecular formula is C26H36N2O2. The Morgan fingerprint density at radius 3 is 2.40 bits per heavy atom. The number of amides is 1. The van der Waals surface area contributed by atoms with Crippen molar-refractivity contribution in [2.24, 2.45) is 5.41 Å². The molecule has 1 aliphatic rings. The van der Waals surface area contributed by atoms with E-state index in [1.54, 1.807) is 30.3 Å². The van der Waals surface area contributed by atoms with Crippen LogP contribution in [0.25, 0.3) is 0 Å². The Morgan fingerprint density at radius 2 is 1.77 bits per heavy atom. The van der Waals surface area contributed by atoms with Crippen molar-refractivity contribution in [2.45, 2.75) is 53.9 Å². The summed E-state index contributed by atoms with van der Waals surface area (Å²) < 4.78 is 0. The van der Waals surface area contributed by atoms with Gasteiger partial charge in [-0.25, -0.2) is 0 Å². The Hall–Kier alpha value is -2.85. The molecule has 0 aromatic heterocycles. The Balaban J connectivity index is 0.00000450. The largest absolute Gasteiger partial charge is 0.508 e. The van der Waals surface area contributed by atoms with Gasteiger partial charge in [-0.2, -0.15) is 0 Å². The van der Waals surface area contributed by atoms with Crippen LogP contribution in [0, 0.1) is 5.41 Å². The molecule has 1 amide bonds. The first kappa shape index (κ1) is 25.2. The summed E-state index contributed by atoms with van der Waals surface area (Å²) in [5.41, 5.74) is 5.89. The van der Waals surface area contributed by atoms with Gasteiger partial charge in [0.25, 0.3) is 0 Å². The molecule has 0 saturated carbocycles. The number of phenolic OH excluding ortho intramolecular Hbond substituents is 1. The van der Waals surface area contributed by atoms with Crippen molar-refractivity contribution in [1.82, 2.24) is 6.15 Å². The number of carbonyl (C=O) groups is 1. The predicted octanol–water partition coefficient (Wildman–Crippen LogP) is 7.02. The van der Waals surface area contributed by atoms with Gasteiger partial charge in [0, 0.05) is 11.8 Å². The number of nitrogens with one attached hydrogen (secondary N) is 1. The van der Waals surface area contributed by atoms with Gasteiger partial charge in [0.15, 0.2) is 0 Å². The molecule has 1 aromatic carbocycles. The van der Waals surface area contributed by atoms with Gasteiger partial charge >= 0.3 is 0 Å². The maximum atomic E-state index is 12.1. The molecule has 0 bridgehead atoms. The Bertz CT molecular complexity index is 882. The number of allylic oxidation sites excluding steroid dienone is 9. The Morgan fingerprint density at radius 1 is 1.10 bits per heavy atom. The van der Waals surface area contributed by atoms with Crippen LogP contribution in [-0.2, 0) is 4.79 Å². The maximum absolute atomic E-state index is 12.1. The zero-order chi connectivity index (χ0) is 21.4. The van der Waals surface area contributed by atoms with E-state index in [0.717, 1.165) is 5.57 Å². The second kappa shape index (κ2) is 11.4. The fraction of sp³-hybridized carbons (Fsp3) is 0.346. The third-order valence-corrected chi connectivity index (χ3v) is 5.27. The Kier molecular flexibility index (Phi) is 9.54. The van der Waals surface area contributed by atoms with Crippen molar-refractivity contribution < 1.29 is 9.90 Å². The maximum Gasteiger partial charge on any atom is 0.248 e. The number of hydrogen-bond donors (Lipinski definition) is 3. The molecule has 162 valence electrons. The third-order valence-electron chi connectivity index (χ3n) is 5.27. The van der Waals surface area contributed by atoms with Gasteiger partial charge in [-0.3, -0.25) is 4.79 Å². The van der Waals surface area contributed by atoms with E-state index < -0.39 is 0 Å². The van der Waals surface area contributed by atoms with Crippen LogP contribution >= 0.6 is 0 Å². The molecular weight excluding hydrogens is 372 g/mol. The molecule has 0 fully saturated rings. The van der Waals surface area contributed by atoms with E-state index in [1.165, 1.54) is 36.0 Å². The van der Waals surface area contributed by atoms with Gasteiger partial charge in [0.1, 0.15) is 5.75 Å². The zero-order valence-electron chi connectivity index (χ0n) is 19.0. The molecule has 0 aliphatic heterocycles. The van der Waals surface area contributed by atoms with Crippen LogP contribution in [0.15, 0.2) is 83.0 Å². The van der Waals surface area contributed by atoms with Crippen molar-refractivity contribution >= 4 is 11.6 Å². The summed E-state index contributed by atoms with van der Waals surface area (Å²) in [5, 5.41) is 12.1. The fourth-order valence-electron chi connectivity index (χ4n) is 3.61. The molecule has 0 heterocycles. The minimum Gasteiger partial charge on any atom is -0.508 e. The van der Waals surface area contributed by atoms with Crippen LogP contribution in [0.1, 0.15) is 53.9 Å². The van der Waals surface area contributed by atoms with E-state index in [9.17, 15) is 9.90 Å². The summed E-state index contributed by atoms with van der Waals surface area (Å²) in [6.45, 7) is 10.9. The SMILES string of the molecule is CC(C=CC1=C(C)CCCC1(C)C)=CC=CC(C)=CC(=O)Nc1ccc(O)cc1.N. The highest BCUT2D eigenvalue weighted by molar-refractivity contribution is 5.99. The number of hydrogen-bond acceptors (Lipinski definition) is 3. The average Bonchev–Trinajstić information content (AvgIpc) is 2.62. The first-order chi connectivity index (χ1) is 13.7. The molecule has 1 aromatic rings. The first-order valence-corrected chi connectivity index (χ1v) is 10.2. The van der Waals surface area contributed by atoms with Crippen molar-refractivity contribution in [1.29, 1.82) is 0 Å². The number of phenols is 1. The average molecular weight is 409 g/mol. The molecule has 2 rings (SSSR count). The molecule has 1 aliphatic carbocycles. The smallest absolute Gasteiger partial charge is 0.248 e. The van der Waals surface area contributed by atoms with Crippen molar-refractivity contribution in [3.63, 3.8) is 0 Å². The molecule has 5 N–H and O–H groups in total. The van der Waals surface area contributed by atoms with E-state index in [-0.39, 0.29) is 23.2 Å². The highest BCUT2D eigenvalue weighted by atomic mass is 16.3. The predicted molar refractivity (Wildman–Crippen MR) is 128 cm³/mol. The minimum atomic E-state index is -0.194. The number of carbonyl (C=O) groups excluding carboxylic acids is 1. The summed E-state index contributed by atoms with van der Waals surface area (Å²) in [5.74, 6) is -0.0206. The van der Waals surface area contributed by atoms with Crippen LogP contribution in [0.5, 0.6) is 5.75 Å². The van der Waals surface area contributed by atoms with Gasteiger partial charge in [0.2, 0.25) is 5.91 Å². The van der Waals surface area contributed by atoms with Gasteiger partial charge in [-0.1, -0.05) is 55.4 Å².